The summed E-state index contributed by atoms with van der Waals surface area (Å²) < 4.78 is 0. The van der Waals surface area contributed by atoms with Crippen molar-refractivity contribution in [1.29, 1.82) is 0 Å². The second-order valence-corrected chi connectivity index (χ2v) is 3.54. The third-order valence-corrected chi connectivity index (χ3v) is 2.54. The van der Waals surface area contributed by atoms with Crippen LogP contribution in [0.15, 0.2) is 11.1 Å². The van der Waals surface area contributed by atoms with E-state index in [0.717, 1.165) is 12.8 Å². The predicted octanol–water partition coefficient (Wildman–Crippen LogP) is 1.71. The van der Waals surface area contributed by atoms with Crippen LogP contribution in [0.3, 0.4) is 0 Å². The maximum absolute atomic E-state index is 11.6. The molecule has 0 fully saturated rings. The molecule has 0 bridgehead atoms. The Balaban J connectivity index is 4.59. The summed E-state index contributed by atoms with van der Waals surface area (Å²) in [6.07, 6.45) is 1.70. The number of amides is 1. The Labute approximate surface area is 90.4 Å². The van der Waals surface area contributed by atoms with E-state index in [1.165, 1.54) is 13.8 Å². The Morgan fingerprint density at radius 2 is 1.60 bits per heavy atom. The van der Waals surface area contributed by atoms with Gasteiger partial charge in [0.1, 0.15) is 0 Å². The highest BCUT2D eigenvalue weighted by molar-refractivity contribution is 6.01. The zero-order chi connectivity index (χ0) is 12.0. The molecule has 2 N–H and O–H groups in total. The van der Waals surface area contributed by atoms with Crippen LogP contribution in [-0.2, 0) is 9.59 Å². The normalized spacial score (nSPS) is 12.3. The number of carbonyl (C=O) groups excluding carboxylic acids is 1. The van der Waals surface area contributed by atoms with Crippen molar-refractivity contribution in [2.24, 2.45) is 0 Å². The lowest BCUT2D eigenvalue weighted by atomic mass is 10.1. The molecular weight excluding hydrogens is 194 g/mol. The van der Waals surface area contributed by atoms with E-state index in [1.54, 1.807) is 0 Å². The van der Waals surface area contributed by atoms with Crippen LogP contribution in [0.2, 0.25) is 0 Å². The summed E-state index contributed by atoms with van der Waals surface area (Å²) >= 11 is 0. The lowest BCUT2D eigenvalue weighted by Gasteiger charge is -2.15. The van der Waals surface area contributed by atoms with Crippen molar-refractivity contribution in [2.75, 3.05) is 0 Å². The number of hydrogen-bond donors (Lipinski definition) is 2. The van der Waals surface area contributed by atoms with Gasteiger partial charge in [-0.05, 0) is 26.7 Å². The molecule has 0 aliphatic rings. The first-order chi connectivity index (χ1) is 6.93. The Hall–Kier alpha value is -1.32. The van der Waals surface area contributed by atoms with Crippen molar-refractivity contribution in [2.45, 2.75) is 46.6 Å². The summed E-state index contributed by atoms with van der Waals surface area (Å²) in [7, 11) is 0. The molecule has 0 saturated carbocycles. The van der Waals surface area contributed by atoms with Crippen LogP contribution in [0.1, 0.15) is 40.5 Å². The molecule has 0 aliphatic carbocycles. The fourth-order valence-corrected chi connectivity index (χ4v) is 1.12. The van der Waals surface area contributed by atoms with E-state index in [1.807, 2.05) is 13.8 Å². The number of nitrogens with one attached hydrogen (secondary N) is 1. The van der Waals surface area contributed by atoms with Crippen molar-refractivity contribution in [3.63, 3.8) is 0 Å². The summed E-state index contributed by atoms with van der Waals surface area (Å²) in [5.41, 5.74) is 0.368. The number of hydrogen-bond acceptors (Lipinski definition) is 2. The molecule has 86 valence electrons. The summed E-state index contributed by atoms with van der Waals surface area (Å²) in [6.45, 7) is 6.93. The largest absolute Gasteiger partial charge is 0.478 e. The SMILES string of the molecule is CCC(CC)NC(=O)C(C)=C(C)C(=O)O. The standard InChI is InChI=1S/C11H19NO3/c1-5-9(6-2)12-10(13)7(3)8(4)11(14)15/h9H,5-6H2,1-4H3,(H,12,13)(H,14,15). The van der Waals surface area contributed by atoms with Crippen LogP contribution in [0.5, 0.6) is 0 Å². The predicted molar refractivity (Wildman–Crippen MR) is 58.5 cm³/mol. The smallest absolute Gasteiger partial charge is 0.331 e. The average molecular weight is 213 g/mol. The lowest BCUT2D eigenvalue weighted by molar-refractivity contribution is -0.133. The molecule has 4 nitrogen and oxygen atoms in total. The Kier molecular flexibility index (Phi) is 5.67. The van der Waals surface area contributed by atoms with Gasteiger partial charge in [0.25, 0.3) is 0 Å². The fraction of sp³-hybridized carbons (Fsp3) is 0.636. The van der Waals surface area contributed by atoms with E-state index in [-0.39, 0.29) is 23.1 Å². The molecule has 0 spiro atoms. The van der Waals surface area contributed by atoms with Gasteiger partial charge in [-0.2, -0.15) is 0 Å². The molecule has 15 heavy (non-hydrogen) atoms. The number of aliphatic carboxylic acids is 1. The monoisotopic (exact) mass is 213 g/mol. The molecule has 0 aliphatic heterocycles. The molecule has 0 unspecified atom stereocenters. The third-order valence-electron chi connectivity index (χ3n) is 2.54. The zero-order valence-corrected chi connectivity index (χ0v) is 9.76. The third kappa shape index (κ3) is 4.14. The number of carboxylic acids is 1. The first-order valence-corrected chi connectivity index (χ1v) is 5.15. The van der Waals surface area contributed by atoms with E-state index >= 15 is 0 Å². The molecule has 4 heteroatoms. The van der Waals surface area contributed by atoms with Gasteiger partial charge >= 0.3 is 5.97 Å². The van der Waals surface area contributed by atoms with Gasteiger partial charge in [-0.25, -0.2) is 4.79 Å². The van der Waals surface area contributed by atoms with Crippen LogP contribution in [-0.4, -0.2) is 23.0 Å². The molecule has 0 heterocycles. The van der Waals surface area contributed by atoms with Crippen LogP contribution in [0.25, 0.3) is 0 Å². The molecule has 0 atom stereocenters. The second-order valence-electron chi connectivity index (χ2n) is 3.54. The van der Waals surface area contributed by atoms with E-state index in [9.17, 15) is 9.59 Å². The van der Waals surface area contributed by atoms with Gasteiger partial charge in [0.2, 0.25) is 5.91 Å². The van der Waals surface area contributed by atoms with Crippen molar-refractivity contribution in [3.8, 4) is 0 Å². The summed E-state index contributed by atoms with van der Waals surface area (Å²) in [4.78, 5) is 22.2. The van der Waals surface area contributed by atoms with E-state index in [4.69, 9.17) is 5.11 Å². The molecular formula is C11H19NO3. The Morgan fingerprint density at radius 3 is 1.93 bits per heavy atom. The lowest BCUT2D eigenvalue weighted by Crippen LogP contribution is -2.35. The van der Waals surface area contributed by atoms with Crippen molar-refractivity contribution in [3.05, 3.63) is 11.1 Å². The van der Waals surface area contributed by atoms with E-state index < -0.39 is 5.97 Å². The minimum Gasteiger partial charge on any atom is -0.478 e. The summed E-state index contributed by atoms with van der Waals surface area (Å²) in [5, 5.41) is 11.5. The quantitative estimate of drug-likeness (QED) is 0.683. The van der Waals surface area contributed by atoms with Gasteiger partial charge in [0.05, 0.1) is 0 Å². The van der Waals surface area contributed by atoms with E-state index in [0.29, 0.717) is 0 Å². The van der Waals surface area contributed by atoms with Gasteiger partial charge in [-0.3, -0.25) is 4.79 Å². The molecule has 0 rings (SSSR count). The highest BCUT2D eigenvalue weighted by Gasteiger charge is 2.14. The Bertz CT molecular complexity index is 278. The first kappa shape index (κ1) is 13.7. The van der Waals surface area contributed by atoms with Gasteiger partial charge in [-0.15, -0.1) is 0 Å². The van der Waals surface area contributed by atoms with Crippen LogP contribution in [0.4, 0.5) is 0 Å². The fourth-order valence-electron chi connectivity index (χ4n) is 1.12. The number of carbonyl (C=O) groups is 2. The van der Waals surface area contributed by atoms with Crippen LogP contribution in [0, 0.1) is 0 Å². The minimum atomic E-state index is -1.05. The molecule has 0 aromatic rings. The van der Waals surface area contributed by atoms with Crippen molar-refractivity contribution < 1.29 is 14.7 Å². The topological polar surface area (TPSA) is 66.4 Å². The van der Waals surface area contributed by atoms with Crippen molar-refractivity contribution in [1.82, 2.24) is 5.32 Å². The highest BCUT2D eigenvalue weighted by Crippen LogP contribution is 2.05. The first-order valence-electron chi connectivity index (χ1n) is 5.15. The highest BCUT2D eigenvalue weighted by atomic mass is 16.4. The molecule has 0 aromatic carbocycles. The summed E-state index contributed by atoms with van der Waals surface area (Å²) in [6, 6.07) is 0.119. The van der Waals surface area contributed by atoms with E-state index in [2.05, 4.69) is 5.32 Å². The number of rotatable bonds is 5. The van der Waals surface area contributed by atoms with Gasteiger partial charge < -0.3 is 10.4 Å². The maximum atomic E-state index is 11.6. The van der Waals surface area contributed by atoms with Crippen molar-refractivity contribution >= 4 is 11.9 Å². The average Bonchev–Trinajstić information content (AvgIpc) is 2.23. The minimum absolute atomic E-state index is 0.0958. The molecule has 0 aromatic heterocycles. The second kappa shape index (κ2) is 6.22. The van der Waals surface area contributed by atoms with Gasteiger partial charge in [0.15, 0.2) is 0 Å². The molecule has 0 saturated heterocycles. The molecule has 1 amide bonds. The van der Waals surface area contributed by atoms with Gasteiger partial charge in [-0.1, -0.05) is 13.8 Å². The van der Waals surface area contributed by atoms with Crippen LogP contribution < -0.4 is 5.32 Å². The Morgan fingerprint density at radius 1 is 1.13 bits per heavy atom. The maximum Gasteiger partial charge on any atom is 0.331 e. The summed E-state index contributed by atoms with van der Waals surface area (Å²) in [5.74, 6) is -1.34. The van der Waals surface area contributed by atoms with Gasteiger partial charge in [0, 0.05) is 17.2 Å². The molecule has 0 radical (unpaired) electrons. The zero-order valence-electron chi connectivity index (χ0n) is 9.76. The number of carboxylic acid groups (broad SMARTS) is 1. The van der Waals surface area contributed by atoms with Crippen LogP contribution >= 0.6 is 0 Å².